The van der Waals surface area contributed by atoms with E-state index in [4.69, 9.17) is 14.0 Å². The lowest BCUT2D eigenvalue weighted by atomic mass is 9.77. The second-order valence-electron chi connectivity index (χ2n) is 9.17. The van der Waals surface area contributed by atoms with Crippen LogP contribution in [0.2, 0.25) is 0 Å². The number of carbonyl (C=O) groups is 1. The van der Waals surface area contributed by atoms with Gasteiger partial charge in [0, 0.05) is 6.42 Å². The van der Waals surface area contributed by atoms with Gasteiger partial charge in [-0.2, -0.15) is 0 Å². The highest BCUT2D eigenvalue weighted by Gasteiger charge is 2.51. The predicted octanol–water partition coefficient (Wildman–Crippen LogP) is 4.18. The molecular formula is C24H31BO5. The molecule has 0 spiro atoms. The van der Waals surface area contributed by atoms with Crippen LogP contribution in [0, 0.1) is 0 Å². The summed E-state index contributed by atoms with van der Waals surface area (Å²) in [6, 6.07) is 15.2. The molecule has 1 atom stereocenters. The molecule has 1 aliphatic heterocycles. The van der Waals surface area contributed by atoms with E-state index in [1.807, 2.05) is 76.2 Å². The first-order valence-electron chi connectivity index (χ1n) is 10.4. The van der Waals surface area contributed by atoms with Gasteiger partial charge >= 0.3 is 13.1 Å². The highest BCUT2D eigenvalue weighted by molar-refractivity contribution is 6.62. The van der Waals surface area contributed by atoms with Crippen LogP contribution < -0.4 is 10.2 Å². The van der Waals surface area contributed by atoms with Gasteiger partial charge in [-0.1, -0.05) is 56.3 Å². The number of hydrogen-bond acceptors (Lipinski definition) is 4. The smallest absolute Gasteiger partial charge is 0.478 e. The van der Waals surface area contributed by atoms with Gasteiger partial charge in [-0.3, -0.25) is 0 Å². The molecule has 0 aliphatic carbocycles. The summed E-state index contributed by atoms with van der Waals surface area (Å²) in [5.74, 6) is -0.259. The summed E-state index contributed by atoms with van der Waals surface area (Å²) >= 11 is 0. The second kappa shape index (κ2) is 8.44. The molecule has 0 radical (unpaired) electrons. The molecule has 2 aromatic rings. The minimum atomic E-state index is -0.983. The van der Waals surface area contributed by atoms with Crippen molar-refractivity contribution in [2.75, 3.05) is 0 Å². The van der Waals surface area contributed by atoms with E-state index in [9.17, 15) is 9.90 Å². The average molecular weight is 410 g/mol. The van der Waals surface area contributed by atoms with Gasteiger partial charge in [-0.25, -0.2) is 4.79 Å². The number of ether oxygens (including phenoxy) is 1. The Kier molecular flexibility index (Phi) is 6.30. The van der Waals surface area contributed by atoms with Crippen molar-refractivity contribution in [2.45, 2.75) is 71.2 Å². The zero-order chi connectivity index (χ0) is 22.1. The van der Waals surface area contributed by atoms with Crippen LogP contribution in [0.25, 0.3) is 0 Å². The van der Waals surface area contributed by atoms with Crippen molar-refractivity contribution in [3.8, 4) is 5.75 Å². The summed E-state index contributed by atoms with van der Waals surface area (Å²) in [5.41, 5.74) is 1.91. The first-order valence-corrected chi connectivity index (χ1v) is 10.4. The van der Waals surface area contributed by atoms with Crippen molar-refractivity contribution in [1.29, 1.82) is 0 Å². The molecule has 1 saturated heterocycles. The van der Waals surface area contributed by atoms with Gasteiger partial charge in [-0.15, -0.1) is 0 Å². The number of hydrogen-bond donors (Lipinski definition) is 1. The SMILES string of the molecule is CC(C)c1cc(B2OC(C)(C)C(C)(C)O2)ccc1OC(Cc1ccccc1)C(=O)O. The molecule has 2 aromatic carbocycles. The van der Waals surface area contributed by atoms with Gasteiger partial charge < -0.3 is 19.2 Å². The Bertz CT molecular complexity index is 876. The van der Waals surface area contributed by atoms with E-state index in [2.05, 4.69) is 13.8 Å². The number of benzene rings is 2. The molecule has 1 unspecified atom stereocenters. The molecule has 3 rings (SSSR count). The van der Waals surface area contributed by atoms with Crippen LogP contribution in [-0.4, -0.2) is 35.5 Å². The van der Waals surface area contributed by atoms with Crippen molar-refractivity contribution < 1.29 is 23.9 Å². The second-order valence-corrected chi connectivity index (χ2v) is 9.17. The first-order chi connectivity index (χ1) is 14.0. The summed E-state index contributed by atoms with van der Waals surface area (Å²) < 4.78 is 18.3. The van der Waals surface area contributed by atoms with Gasteiger partial charge in [0.05, 0.1) is 11.2 Å². The van der Waals surface area contributed by atoms with Crippen LogP contribution in [0.5, 0.6) is 5.75 Å². The third-order valence-electron chi connectivity index (χ3n) is 5.99. The van der Waals surface area contributed by atoms with Crippen LogP contribution in [0.1, 0.15) is 58.6 Å². The van der Waals surface area contributed by atoms with Crippen LogP contribution >= 0.6 is 0 Å². The third-order valence-corrected chi connectivity index (χ3v) is 5.99. The molecule has 0 aromatic heterocycles. The minimum absolute atomic E-state index is 0.147. The normalized spacial score (nSPS) is 18.4. The molecule has 0 bridgehead atoms. The molecular weight excluding hydrogens is 379 g/mol. The Morgan fingerprint density at radius 3 is 2.17 bits per heavy atom. The summed E-state index contributed by atoms with van der Waals surface area (Å²) in [7, 11) is -0.471. The van der Waals surface area contributed by atoms with E-state index in [1.54, 1.807) is 0 Å². The van der Waals surface area contributed by atoms with E-state index in [1.165, 1.54) is 0 Å². The number of carboxylic acid groups (broad SMARTS) is 1. The number of carboxylic acids is 1. The molecule has 30 heavy (non-hydrogen) atoms. The fraction of sp³-hybridized carbons (Fsp3) is 0.458. The largest absolute Gasteiger partial charge is 0.494 e. The van der Waals surface area contributed by atoms with Crippen molar-refractivity contribution in [3.63, 3.8) is 0 Å². The van der Waals surface area contributed by atoms with Crippen LogP contribution in [0.3, 0.4) is 0 Å². The molecule has 5 nitrogen and oxygen atoms in total. The molecule has 1 N–H and O–H groups in total. The Balaban J connectivity index is 1.85. The monoisotopic (exact) mass is 410 g/mol. The molecule has 0 saturated carbocycles. The Morgan fingerprint density at radius 2 is 1.63 bits per heavy atom. The van der Waals surface area contributed by atoms with Crippen molar-refractivity contribution in [2.24, 2.45) is 0 Å². The summed E-state index contributed by atoms with van der Waals surface area (Å²) in [6.45, 7) is 12.2. The van der Waals surface area contributed by atoms with E-state index in [-0.39, 0.29) is 5.92 Å². The number of aliphatic carboxylic acids is 1. The highest BCUT2D eigenvalue weighted by Crippen LogP contribution is 2.37. The molecule has 6 heteroatoms. The topological polar surface area (TPSA) is 65.0 Å². The third kappa shape index (κ3) is 4.71. The van der Waals surface area contributed by atoms with Crippen LogP contribution in [0.4, 0.5) is 0 Å². The maximum Gasteiger partial charge on any atom is 0.494 e. The Labute approximate surface area is 179 Å². The first kappa shape index (κ1) is 22.4. The van der Waals surface area contributed by atoms with Gasteiger partial charge in [0.15, 0.2) is 6.10 Å². The summed E-state index contributed by atoms with van der Waals surface area (Å²) in [4.78, 5) is 11.8. The number of rotatable bonds is 7. The lowest BCUT2D eigenvalue weighted by Crippen LogP contribution is -2.41. The fourth-order valence-electron chi connectivity index (χ4n) is 3.41. The van der Waals surface area contributed by atoms with Gasteiger partial charge in [0.25, 0.3) is 0 Å². The Morgan fingerprint density at radius 1 is 1.03 bits per heavy atom. The molecule has 160 valence electrons. The fourth-order valence-corrected chi connectivity index (χ4v) is 3.41. The minimum Gasteiger partial charge on any atom is -0.478 e. The van der Waals surface area contributed by atoms with Gasteiger partial charge in [0.1, 0.15) is 5.75 Å². The summed E-state index contributed by atoms with van der Waals surface area (Å²) in [6.07, 6.45) is -0.667. The Hall–Kier alpha value is -2.31. The van der Waals surface area contributed by atoms with E-state index >= 15 is 0 Å². The van der Waals surface area contributed by atoms with E-state index < -0.39 is 30.4 Å². The molecule has 0 amide bonds. The lowest BCUT2D eigenvalue weighted by Gasteiger charge is -2.32. The molecule has 1 heterocycles. The predicted molar refractivity (Wildman–Crippen MR) is 118 cm³/mol. The molecule has 1 aliphatic rings. The zero-order valence-corrected chi connectivity index (χ0v) is 18.6. The van der Waals surface area contributed by atoms with E-state index in [0.717, 1.165) is 16.6 Å². The van der Waals surface area contributed by atoms with Crippen molar-refractivity contribution in [3.05, 3.63) is 59.7 Å². The van der Waals surface area contributed by atoms with Gasteiger partial charge in [0.2, 0.25) is 0 Å². The van der Waals surface area contributed by atoms with Gasteiger partial charge in [-0.05, 0) is 56.3 Å². The van der Waals surface area contributed by atoms with E-state index in [0.29, 0.717) is 12.2 Å². The van der Waals surface area contributed by atoms with Crippen LogP contribution in [0.15, 0.2) is 48.5 Å². The van der Waals surface area contributed by atoms with Crippen molar-refractivity contribution >= 4 is 18.6 Å². The van der Waals surface area contributed by atoms with Crippen LogP contribution in [-0.2, 0) is 20.5 Å². The highest BCUT2D eigenvalue weighted by atomic mass is 16.7. The lowest BCUT2D eigenvalue weighted by molar-refractivity contribution is -0.145. The zero-order valence-electron chi connectivity index (χ0n) is 18.6. The quantitative estimate of drug-likeness (QED) is 0.694. The van der Waals surface area contributed by atoms with Crippen molar-refractivity contribution in [1.82, 2.24) is 0 Å². The maximum atomic E-state index is 11.8. The average Bonchev–Trinajstić information content (AvgIpc) is 2.89. The maximum absolute atomic E-state index is 11.8. The molecule has 1 fully saturated rings. The summed E-state index contributed by atoms with van der Waals surface area (Å²) in [5, 5.41) is 9.70. The standard InChI is InChI=1S/C24H31BO5/c1-16(2)19-15-18(25-29-23(3,4)24(5,6)30-25)12-13-20(19)28-21(22(26)27)14-17-10-8-7-9-11-17/h7-13,15-16,21H,14H2,1-6H3,(H,26,27).